The zero-order valence-corrected chi connectivity index (χ0v) is 9.95. The Bertz CT molecular complexity index is 307. The van der Waals surface area contributed by atoms with Crippen molar-refractivity contribution in [2.75, 3.05) is 13.1 Å². The molecule has 0 unspecified atom stereocenters. The molecule has 2 heterocycles. The SMILES string of the molecule is CC(C)(C)c1csc(CC2CNC2)n1. The van der Waals surface area contributed by atoms with Crippen LogP contribution in [0.15, 0.2) is 5.38 Å². The van der Waals surface area contributed by atoms with Gasteiger partial charge in [0.2, 0.25) is 0 Å². The minimum atomic E-state index is 0.201. The van der Waals surface area contributed by atoms with E-state index < -0.39 is 0 Å². The summed E-state index contributed by atoms with van der Waals surface area (Å²) in [7, 11) is 0. The monoisotopic (exact) mass is 210 g/mol. The Balaban J connectivity index is 2.02. The van der Waals surface area contributed by atoms with Crippen LogP contribution < -0.4 is 5.32 Å². The second kappa shape index (κ2) is 3.63. The van der Waals surface area contributed by atoms with Crippen LogP contribution in [-0.4, -0.2) is 18.1 Å². The minimum absolute atomic E-state index is 0.201. The van der Waals surface area contributed by atoms with Crippen molar-refractivity contribution in [2.24, 2.45) is 5.92 Å². The van der Waals surface area contributed by atoms with Gasteiger partial charge in [0.05, 0.1) is 10.7 Å². The number of rotatable bonds is 2. The Labute approximate surface area is 89.8 Å². The molecule has 1 aliphatic heterocycles. The van der Waals surface area contributed by atoms with Gasteiger partial charge in [-0.2, -0.15) is 0 Å². The van der Waals surface area contributed by atoms with Crippen LogP contribution in [0.4, 0.5) is 0 Å². The first-order chi connectivity index (χ1) is 6.55. The van der Waals surface area contributed by atoms with Crippen LogP contribution in [0.25, 0.3) is 0 Å². The first-order valence-electron chi connectivity index (χ1n) is 5.21. The third-order valence-electron chi connectivity index (χ3n) is 2.65. The van der Waals surface area contributed by atoms with Crippen molar-refractivity contribution in [2.45, 2.75) is 32.6 Å². The van der Waals surface area contributed by atoms with Gasteiger partial charge < -0.3 is 5.32 Å². The summed E-state index contributed by atoms with van der Waals surface area (Å²) < 4.78 is 0. The maximum atomic E-state index is 4.69. The summed E-state index contributed by atoms with van der Waals surface area (Å²) in [6.07, 6.45) is 1.16. The highest BCUT2D eigenvalue weighted by Gasteiger charge is 2.21. The number of hydrogen-bond donors (Lipinski definition) is 1. The Kier molecular flexibility index (Phi) is 2.62. The van der Waals surface area contributed by atoms with Gasteiger partial charge in [0.25, 0.3) is 0 Å². The van der Waals surface area contributed by atoms with Gasteiger partial charge in [-0.1, -0.05) is 20.8 Å². The molecule has 0 saturated carbocycles. The molecular weight excluding hydrogens is 192 g/mol. The molecule has 1 aromatic rings. The molecule has 1 saturated heterocycles. The van der Waals surface area contributed by atoms with Gasteiger partial charge in [-0.25, -0.2) is 4.98 Å². The zero-order chi connectivity index (χ0) is 10.2. The predicted octanol–water partition coefficient (Wildman–Crippen LogP) is 2.20. The summed E-state index contributed by atoms with van der Waals surface area (Å²) >= 11 is 1.82. The summed E-state index contributed by atoms with van der Waals surface area (Å²) in [5, 5.41) is 6.81. The third-order valence-corrected chi connectivity index (χ3v) is 3.52. The second-order valence-electron chi connectivity index (χ2n) is 5.10. The lowest BCUT2D eigenvalue weighted by molar-refractivity contribution is 0.346. The molecule has 1 fully saturated rings. The fourth-order valence-electron chi connectivity index (χ4n) is 1.49. The predicted molar refractivity (Wildman–Crippen MR) is 60.9 cm³/mol. The second-order valence-corrected chi connectivity index (χ2v) is 6.05. The summed E-state index contributed by atoms with van der Waals surface area (Å²) in [4.78, 5) is 4.69. The van der Waals surface area contributed by atoms with Crippen molar-refractivity contribution in [1.29, 1.82) is 0 Å². The van der Waals surface area contributed by atoms with Crippen molar-refractivity contribution in [1.82, 2.24) is 10.3 Å². The van der Waals surface area contributed by atoms with E-state index in [-0.39, 0.29) is 5.41 Å². The molecule has 0 spiro atoms. The Morgan fingerprint density at radius 1 is 1.50 bits per heavy atom. The number of nitrogens with zero attached hydrogens (tertiary/aromatic N) is 1. The highest BCUT2D eigenvalue weighted by atomic mass is 32.1. The standard InChI is InChI=1S/C11H18N2S/c1-11(2,3)9-7-14-10(13-9)4-8-5-12-6-8/h7-8,12H,4-6H2,1-3H3. The van der Waals surface area contributed by atoms with Gasteiger partial charge in [0, 0.05) is 17.2 Å². The van der Waals surface area contributed by atoms with E-state index in [1.807, 2.05) is 11.3 Å². The van der Waals surface area contributed by atoms with Crippen molar-refractivity contribution < 1.29 is 0 Å². The summed E-state index contributed by atoms with van der Waals surface area (Å²) in [6.45, 7) is 9.00. The lowest BCUT2D eigenvalue weighted by Crippen LogP contribution is -2.43. The maximum absolute atomic E-state index is 4.69. The number of thiazole rings is 1. The molecule has 2 nitrogen and oxygen atoms in total. The normalized spacial score (nSPS) is 18.2. The van der Waals surface area contributed by atoms with Crippen LogP contribution in [-0.2, 0) is 11.8 Å². The molecule has 1 N–H and O–H groups in total. The third kappa shape index (κ3) is 2.15. The van der Waals surface area contributed by atoms with E-state index in [2.05, 4.69) is 31.5 Å². The van der Waals surface area contributed by atoms with Crippen molar-refractivity contribution >= 4 is 11.3 Å². The number of aromatic nitrogens is 1. The van der Waals surface area contributed by atoms with Crippen molar-refractivity contribution in [3.05, 3.63) is 16.1 Å². The van der Waals surface area contributed by atoms with Gasteiger partial charge in [-0.05, 0) is 19.0 Å². The molecular formula is C11H18N2S. The van der Waals surface area contributed by atoms with Gasteiger partial charge in [-0.3, -0.25) is 0 Å². The first kappa shape index (κ1) is 10.1. The van der Waals surface area contributed by atoms with Gasteiger partial charge in [0.1, 0.15) is 0 Å². The maximum Gasteiger partial charge on any atom is 0.0932 e. The van der Waals surface area contributed by atoms with E-state index in [1.54, 1.807) is 0 Å². The molecule has 0 amide bonds. The van der Waals surface area contributed by atoms with Crippen molar-refractivity contribution in [3.8, 4) is 0 Å². The van der Waals surface area contributed by atoms with E-state index in [0.717, 1.165) is 12.3 Å². The average molecular weight is 210 g/mol. The summed E-state index contributed by atoms with van der Waals surface area (Å²) in [6, 6.07) is 0. The smallest absolute Gasteiger partial charge is 0.0932 e. The van der Waals surface area contributed by atoms with Gasteiger partial charge >= 0.3 is 0 Å². The van der Waals surface area contributed by atoms with Gasteiger partial charge in [0.15, 0.2) is 0 Å². The molecule has 0 atom stereocenters. The Morgan fingerprint density at radius 2 is 2.21 bits per heavy atom. The van der Waals surface area contributed by atoms with Gasteiger partial charge in [-0.15, -0.1) is 11.3 Å². The highest BCUT2D eigenvalue weighted by Crippen LogP contribution is 2.25. The van der Waals surface area contributed by atoms with Crippen LogP contribution >= 0.6 is 11.3 Å². The lowest BCUT2D eigenvalue weighted by atomic mass is 9.93. The van der Waals surface area contributed by atoms with E-state index in [1.165, 1.54) is 23.8 Å². The number of hydrogen-bond acceptors (Lipinski definition) is 3. The molecule has 1 aliphatic rings. The van der Waals surface area contributed by atoms with Crippen molar-refractivity contribution in [3.63, 3.8) is 0 Å². The molecule has 0 radical (unpaired) electrons. The molecule has 0 aliphatic carbocycles. The Hall–Kier alpha value is -0.410. The number of nitrogens with one attached hydrogen (secondary N) is 1. The van der Waals surface area contributed by atoms with Crippen LogP contribution in [0.3, 0.4) is 0 Å². The topological polar surface area (TPSA) is 24.9 Å². The molecule has 78 valence electrons. The van der Waals surface area contributed by atoms with Crippen LogP contribution in [0.1, 0.15) is 31.5 Å². The summed E-state index contributed by atoms with van der Waals surface area (Å²) in [5.41, 5.74) is 1.44. The fourth-order valence-corrected chi connectivity index (χ4v) is 2.63. The molecule has 1 aromatic heterocycles. The highest BCUT2D eigenvalue weighted by molar-refractivity contribution is 7.09. The molecule has 14 heavy (non-hydrogen) atoms. The largest absolute Gasteiger partial charge is 0.316 e. The molecule has 2 rings (SSSR count). The first-order valence-corrected chi connectivity index (χ1v) is 6.09. The van der Waals surface area contributed by atoms with E-state index in [4.69, 9.17) is 4.98 Å². The van der Waals surface area contributed by atoms with Crippen LogP contribution in [0, 0.1) is 5.92 Å². The molecule has 3 heteroatoms. The average Bonchev–Trinajstić information content (AvgIpc) is 2.43. The molecule has 0 aromatic carbocycles. The minimum Gasteiger partial charge on any atom is -0.316 e. The van der Waals surface area contributed by atoms with Crippen LogP contribution in [0.5, 0.6) is 0 Å². The zero-order valence-electron chi connectivity index (χ0n) is 9.13. The lowest BCUT2D eigenvalue weighted by Gasteiger charge is -2.26. The van der Waals surface area contributed by atoms with E-state index >= 15 is 0 Å². The van der Waals surface area contributed by atoms with E-state index in [0.29, 0.717) is 0 Å². The quantitative estimate of drug-likeness (QED) is 0.809. The molecule has 0 bridgehead atoms. The fraction of sp³-hybridized carbons (Fsp3) is 0.727. The summed E-state index contributed by atoms with van der Waals surface area (Å²) in [5.74, 6) is 0.828. The van der Waals surface area contributed by atoms with Crippen LogP contribution in [0.2, 0.25) is 0 Å². The van der Waals surface area contributed by atoms with E-state index in [9.17, 15) is 0 Å². The Morgan fingerprint density at radius 3 is 2.64 bits per heavy atom.